The number of aromatic nitrogens is 3. The van der Waals surface area contributed by atoms with Crippen LogP contribution in [0, 0.1) is 0 Å². The van der Waals surface area contributed by atoms with Crippen molar-refractivity contribution >= 4 is 28.2 Å². The van der Waals surface area contributed by atoms with Crippen molar-refractivity contribution in [2.24, 2.45) is 0 Å². The standard InChI is InChI=1S/C14H13N5O/c1-20-11-4-2-3-10-9(11)5-6-17-14(10)19-13-8-16-7-12(15)18-13/h2-8H,1H3,(H3,15,17,18,19). The number of anilines is 3. The molecule has 0 atom stereocenters. The zero-order chi connectivity index (χ0) is 13.9. The monoisotopic (exact) mass is 267 g/mol. The molecule has 0 radical (unpaired) electrons. The molecule has 0 bridgehead atoms. The Balaban J connectivity index is 2.08. The van der Waals surface area contributed by atoms with Crippen LogP contribution in [0.1, 0.15) is 0 Å². The molecule has 0 unspecified atom stereocenters. The fourth-order valence-corrected chi connectivity index (χ4v) is 2.02. The molecule has 2 heterocycles. The van der Waals surface area contributed by atoms with Crippen molar-refractivity contribution < 1.29 is 4.74 Å². The minimum Gasteiger partial charge on any atom is -0.496 e. The van der Waals surface area contributed by atoms with Gasteiger partial charge in [0.15, 0.2) is 5.82 Å². The summed E-state index contributed by atoms with van der Waals surface area (Å²) in [6, 6.07) is 7.70. The third-order valence-corrected chi connectivity index (χ3v) is 2.89. The molecule has 0 aliphatic heterocycles. The minimum absolute atomic E-state index is 0.354. The highest BCUT2D eigenvalue weighted by Gasteiger charge is 2.07. The van der Waals surface area contributed by atoms with E-state index in [-0.39, 0.29) is 0 Å². The molecule has 0 saturated heterocycles. The van der Waals surface area contributed by atoms with Crippen molar-refractivity contribution in [1.82, 2.24) is 15.0 Å². The maximum Gasteiger partial charge on any atom is 0.152 e. The second kappa shape index (κ2) is 5.00. The third kappa shape index (κ3) is 2.18. The lowest BCUT2D eigenvalue weighted by molar-refractivity contribution is 0.420. The summed E-state index contributed by atoms with van der Waals surface area (Å²) in [4.78, 5) is 12.5. The lowest BCUT2D eigenvalue weighted by atomic mass is 10.1. The van der Waals surface area contributed by atoms with Gasteiger partial charge in [-0.3, -0.25) is 4.98 Å². The molecule has 0 fully saturated rings. The lowest BCUT2D eigenvalue weighted by Gasteiger charge is -2.10. The summed E-state index contributed by atoms with van der Waals surface area (Å²) < 4.78 is 5.35. The summed E-state index contributed by atoms with van der Waals surface area (Å²) in [7, 11) is 1.64. The third-order valence-electron chi connectivity index (χ3n) is 2.89. The number of methoxy groups -OCH3 is 1. The van der Waals surface area contributed by atoms with Gasteiger partial charge < -0.3 is 15.8 Å². The van der Waals surface area contributed by atoms with Crippen LogP contribution in [0.15, 0.2) is 42.9 Å². The molecular formula is C14H13N5O. The largest absolute Gasteiger partial charge is 0.496 e. The van der Waals surface area contributed by atoms with Gasteiger partial charge in [0.2, 0.25) is 0 Å². The molecule has 100 valence electrons. The van der Waals surface area contributed by atoms with Gasteiger partial charge in [-0.2, -0.15) is 0 Å². The van der Waals surface area contributed by atoms with E-state index < -0.39 is 0 Å². The van der Waals surface area contributed by atoms with Gasteiger partial charge in [0.25, 0.3) is 0 Å². The average molecular weight is 267 g/mol. The van der Waals surface area contributed by atoms with Crippen LogP contribution in [0.25, 0.3) is 10.8 Å². The highest BCUT2D eigenvalue weighted by atomic mass is 16.5. The molecule has 3 aromatic rings. The molecule has 2 aromatic heterocycles. The molecular weight excluding hydrogens is 254 g/mol. The first-order valence-corrected chi connectivity index (χ1v) is 6.04. The molecule has 0 aliphatic carbocycles. The van der Waals surface area contributed by atoms with Crippen LogP contribution in [0.5, 0.6) is 5.75 Å². The van der Waals surface area contributed by atoms with E-state index >= 15 is 0 Å². The summed E-state index contributed by atoms with van der Waals surface area (Å²) in [5.74, 6) is 2.38. The van der Waals surface area contributed by atoms with Crippen LogP contribution < -0.4 is 15.8 Å². The first-order valence-electron chi connectivity index (χ1n) is 6.04. The number of hydrogen-bond donors (Lipinski definition) is 2. The van der Waals surface area contributed by atoms with Crippen LogP contribution in [-0.4, -0.2) is 22.1 Å². The number of fused-ring (bicyclic) bond motifs is 1. The topological polar surface area (TPSA) is 86.0 Å². The zero-order valence-electron chi connectivity index (χ0n) is 10.9. The van der Waals surface area contributed by atoms with Crippen molar-refractivity contribution in [3.8, 4) is 5.75 Å². The van der Waals surface area contributed by atoms with Gasteiger partial charge in [0.1, 0.15) is 17.4 Å². The molecule has 0 amide bonds. The number of ether oxygens (including phenoxy) is 1. The normalized spacial score (nSPS) is 10.4. The van der Waals surface area contributed by atoms with Crippen molar-refractivity contribution in [3.63, 3.8) is 0 Å². The van der Waals surface area contributed by atoms with E-state index in [2.05, 4.69) is 20.3 Å². The molecule has 1 aromatic carbocycles. The maximum atomic E-state index is 5.62. The van der Waals surface area contributed by atoms with Crippen LogP contribution >= 0.6 is 0 Å². The SMILES string of the molecule is COc1cccc2c(Nc3cncc(N)n3)nccc12. The summed E-state index contributed by atoms with van der Waals surface area (Å²) in [5, 5.41) is 5.04. The Morgan fingerprint density at radius 2 is 2.05 bits per heavy atom. The molecule has 0 spiro atoms. The van der Waals surface area contributed by atoms with Gasteiger partial charge in [-0.05, 0) is 12.1 Å². The quantitative estimate of drug-likeness (QED) is 0.757. The number of nitrogens with two attached hydrogens (primary N) is 1. The Bertz CT molecular complexity index is 759. The van der Waals surface area contributed by atoms with Crippen LogP contribution in [-0.2, 0) is 0 Å². The number of hydrogen-bond acceptors (Lipinski definition) is 6. The zero-order valence-corrected chi connectivity index (χ0v) is 10.9. The predicted molar refractivity (Wildman–Crippen MR) is 78.0 cm³/mol. The van der Waals surface area contributed by atoms with Crippen molar-refractivity contribution in [2.75, 3.05) is 18.2 Å². The van der Waals surface area contributed by atoms with Gasteiger partial charge in [-0.15, -0.1) is 0 Å². The number of nitrogen functional groups attached to an aromatic ring is 1. The molecule has 6 nitrogen and oxygen atoms in total. The van der Waals surface area contributed by atoms with E-state index in [0.29, 0.717) is 17.5 Å². The molecule has 3 N–H and O–H groups in total. The fraction of sp³-hybridized carbons (Fsp3) is 0.0714. The van der Waals surface area contributed by atoms with Crippen molar-refractivity contribution in [1.29, 1.82) is 0 Å². The van der Waals surface area contributed by atoms with Gasteiger partial charge >= 0.3 is 0 Å². The van der Waals surface area contributed by atoms with Crippen LogP contribution in [0.4, 0.5) is 17.5 Å². The van der Waals surface area contributed by atoms with Gasteiger partial charge in [-0.25, -0.2) is 9.97 Å². The van der Waals surface area contributed by atoms with Gasteiger partial charge in [0, 0.05) is 17.0 Å². The lowest BCUT2D eigenvalue weighted by Crippen LogP contribution is -2.00. The summed E-state index contributed by atoms with van der Waals surface area (Å²) >= 11 is 0. The van der Waals surface area contributed by atoms with E-state index in [4.69, 9.17) is 10.5 Å². The second-order valence-corrected chi connectivity index (χ2v) is 4.17. The van der Waals surface area contributed by atoms with Crippen LogP contribution in [0.2, 0.25) is 0 Å². The molecule has 20 heavy (non-hydrogen) atoms. The molecule has 0 saturated carbocycles. The maximum absolute atomic E-state index is 5.62. The van der Waals surface area contributed by atoms with E-state index in [0.717, 1.165) is 16.5 Å². The molecule has 3 rings (SSSR count). The Hall–Kier alpha value is -2.89. The number of pyridine rings is 1. The van der Waals surface area contributed by atoms with Gasteiger partial charge in [-0.1, -0.05) is 12.1 Å². The summed E-state index contributed by atoms with van der Waals surface area (Å²) in [6.07, 6.45) is 4.80. The number of benzene rings is 1. The van der Waals surface area contributed by atoms with Crippen molar-refractivity contribution in [2.45, 2.75) is 0 Å². The summed E-state index contributed by atoms with van der Waals surface area (Å²) in [5.41, 5.74) is 5.62. The van der Waals surface area contributed by atoms with Gasteiger partial charge in [0.05, 0.1) is 19.5 Å². The van der Waals surface area contributed by atoms with E-state index in [1.807, 2.05) is 24.3 Å². The number of nitrogens with zero attached hydrogens (tertiary/aromatic N) is 3. The Labute approximate surface area is 115 Å². The smallest absolute Gasteiger partial charge is 0.152 e. The van der Waals surface area contributed by atoms with E-state index in [1.54, 1.807) is 19.5 Å². The second-order valence-electron chi connectivity index (χ2n) is 4.17. The number of rotatable bonds is 3. The first kappa shape index (κ1) is 12.2. The average Bonchev–Trinajstić information content (AvgIpc) is 2.47. The summed E-state index contributed by atoms with van der Waals surface area (Å²) in [6.45, 7) is 0. The van der Waals surface area contributed by atoms with E-state index in [9.17, 15) is 0 Å². The van der Waals surface area contributed by atoms with Crippen molar-refractivity contribution in [3.05, 3.63) is 42.9 Å². The Kier molecular flexibility index (Phi) is 3.04. The Morgan fingerprint density at radius 3 is 2.85 bits per heavy atom. The predicted octanol–water partition coefficient (Wildman–Crippen LogP) is 2.36. The Morgan fingerprint density at radius 1 is 1.15 bits per heavy atom. The van der Waals surface area contributed by atoms with E-state index in [1.165, 1.54) is 6.20 Å². The highest BCUT2D eigenvalue weighted by Crippen LogP contribution is 2.30. The van der Waals surface area contributed by atoms with Crippen LogP contribution in [0.3, 0.4) is 0 Å². The molecule has 6 heteroatoms. The number of nitrogens with one attached hydrogen (secondary N) is 1. The fourth-order valence-electron chi connectivity index (χ4n) is 2.02. The highest BCUT2D eigenvalue weighted by molar-refractivity contribution is 5.96. The molecule has 0 aliphatic rings. The first-order chi connectivity index (χ1) is 9.78. The minimum atomic E-state index is 0.354.